The lowest BCUT2D eigenvalue weighted by Crippen LogP contribution is -2.41. The lowest BCUT2D eigenvalue weighted by Gasteiger charge is -2.20. The van der Waals surface area contributed by atoms with Gasteiger partial charge in [-0.05, 0) is 24.6 Å². The molecule has 30 heavy (non-hydrogen) atoms. The van der Waals surface area contributed by atoms with E-state index in [1.807, 2.05) is 37.3 Å². The fourth-order valence-electron chi connectivity index (χ4n) is 2.94. The molecular formula is C22H28N4O4. The maximum atomic E-state index is 12.8. The van der Waals surface area contributed by atoms with Gasteiger partial charge in [-0.3, -0.25) is 19.3 Å². The molecule has 2 aromatic carbocycles. The van der Waals surface area contributed by atoms with Gasteiger partial charge in [-0.15, -0.1) is 0 Å². The molecule has 0 saturated heterocycles. The summed E-state index contributed by atoms with van der Waals surface area (Å²) in [5, 5.41) is 5.69. The summed E-state index contributed by atoms with van der Waals surface area (Å²) in [5.74, 6) is -1.19. The van der Waals surface area contributed by atoms with Gasteiger partial charge >= 0.3 is 0 Å². The predicted molar refractivity (Wildman–Crippen MR) is 115 cm³/mol. The van der Waals surface area contributed by atoms with Crippen LogP contribution in [0.4, 0.5) is 5.69 Å². The van der Waals surface area contributed by atoms with Crippen molar-refractivity contribution in [1.82, 2.24) is 10.2 Å². The highest BCUT2D eigenvalue weighted by Crippen LogP contribution is 2.18. The van der Waals surface area contributed by atoms with E-state index in [1.54, 1.807) is 29.2 Å². The topological polar surface area (TPSA) is 114 Å². The van der Waals surface area contributed by atoms with Crippen molar-refractivity contribution in [2.45, 2.75) is 13.0 Å². The van der Waals surface area contributed by atoms with Crippen LogP contribution in [0, 0.1) is 0 Å². The largest absolute Gasteiger partial charge is 0.383 e. The summed E-state index contributed by atoms with van der Waals surface area (Å²) in [6.07, 6.45) is 0. The number of hydrogen-bond acceptors (Lipinski definition) is 5. The van der Waals surface area contributed by atoms with E-state index in [0.717, 1.165) is 5.56 Å². The molecule has 0 aromatic heterocycles. The number of amides is 3. The van der Waals surface area contributed by atoms with Crippen LogP contribution < -0.4 is 16.4 Å². The Morgan fingerprint density at radius 2 is 1.70 bits per heavy atom. The van der Waals surface area contributed by atoms with Crippen molar-refractivity contribution in [2.24, 2.45) is 5.73 Å². The van der Waals surface area contributed by atoms with Gasteiger partial charge in [0.1, 0.15) is 0 Å². The number of benzene rings is 2. The fraction of sp³-hybridized carbons (Fsp3) is 0.318. The van der Waals surface area contributed by atoms with Gasteiger partial charge in [0.2, 0.25) is 11.8 Å². The third-order valence-electron chi connectivity index (χ3n) is 4.45. The average molecular weight is 412 g/mol. The van der Waals surface area contributed by atoms with E-state index < -0.39 is 5.91 Å². The van der Waals surface area contributed by atoms with E-state index in [0.29, 0.717) is 24.4 Å². The fourth-order valence-corrected chi connectivity index (χ4v) is 2.94. The Bertz CT molecular complexity index is 857. The third-order valence-corrected chi connectivity index (χ3v) is 4.45. The van der Waals surface area contributed by atoms with Crippen molar-refractivity contribution in [2.75, 3.05) is 38.7 Å². The molecule has 1 unspecified atom stereocenters. The van der Waals surface area contributed by atoms with E-state index in [9.17, 15) is 14.4 Å². The van der Waals surface area contributed by atoms with Gasteiger partial charge in [-0.2, -0.15) is 0 Å². The van der Waals surface area contributed by atoms with Gasteiger partial charge in [0, 0.05) is 13.7 Å². The number of anilines is 1. The van der Waals surface area contributed by atoms with Crippen molar-refractivity contribution in [3.05, 3.63) is 65.7 Å². The van der Waals surface area contributed by atoms with Crippen LogP contribution in [-0.4, -0.2) is 56.0 Å². The summed E-state index contributed by atoms with van der Waals surface area (Å²) in [6.45, 7) is 2.52. The monoisotopic (exact) mass is 412 g/mol. The Morgan fingerprint density at radius 1 is 1.03 bits per heavy atom. The van der Waals surface area contributed by atoms with Gasteiger partial charge < -0.3 is 21.1 Å². The first-order valence-electron chi connectivity index (χ1n) is 9.65. The molecule has 8 nitrogen and oxygen atoms in total. The number of ether oxygens (including phenoxy) is 1. The van der Waals surface area contributed by atoms with Crippen molar-refractivity contribution >= 4 is 23.4 Å². The minimum Gasteiger partial charge on any atom is -0.383 e. The Morgan fingerprint density at radius 3 is 2.37 bits per heavy atom. The SMILES string of the molecule is COCCN(CC(N)=O)CC(=O)Nc1ccccc1C(=O)NC(C)c1ccccc1. The molecule has 0 fully saturated rings. The molecule has 0 bridgehead atoms. The maximum Gasteiger partial charge on any atom is 0.253 e. The number of nitrogens with zero attached hydrogens (tertiary/aromatic N) is 1. The van der Waals surface area contributed by atoms with Crippen molar-refractivity contribution in [1.29, 1.82) is 0 Å². The predicted octanol–water partition coefficient (Wildman–Crippen LogP) is 1.55. The quantitative estimate of drug-likeness (QED) is 0.518. The molecule has 3 amide bonds. The normalized spacial score (nSPS) is 11.7. The van der Waals surface area contributed by atoms with Crippen LogP contribution in [0.1, 0.15) is 28.9 Å². The van der Waals surface area contributed by atoms with Crippen LogP contribution in [-0.2, 0) is 14.3 Å². The van der Waals surface area contributed by atoms with Crippen LogP contribution in [0.15, 0.2) is 54.6 Å². The molecule has 160 valence electrons. The minimum atomic E-state index is -0.534. The summed E-state index contributed by atoms with van der Waals surface area (Å²) < 4.78 is 5.00. The van der Waals surface area contributed by atoms with E-state index >= 15 is 0 Å². The zero-order valence-electron chi connectivity index (χ0n) is 17.3. The van der Waals surface area contributed by atoms with Gasteiger partial charge in [0.05, 0.1) is 37.0 Å². The lowest BCUT2D eigenvalue weighted by atomic mass is 10.1. The molecule has 0 aliphatic carbocycles. The first kappa shape index (κ1) is 23.1. The molecule has 4 N–H and O–H groups in total. The number of rotatable bonds is 11. The van der Waals surface area contributed by atoms with Gasteiger partial charge in [0.25, 0.3) is 5.91 Å². The molecule has 1 atom stereocenters. The van der Waals surface area contributed by atoms with Crippen molar-refractivity contribution in [3.63, 3.8) is 0 Å². The molecule has 0 spiro atoms. The molecule has 0 aliphatic heterocycles. The number of nitrogens with one attached hydrogen (secondary N) is 2. The molecule has 0 heterocycles. The molecular weight excluding hydrogens is 384 g/mol. The highest BCUT2D eigenvalue weighted by atomic mass is 16.5. The first-order chi connectivity index (χ1) is 14.4. The van der Waals surface area contributed by atoms with E-state index in [2.05, 4.69) is 10.6 Å². The summed E-state index contributed by atoms with van der Waals surface area (Å²) in [4.78, 5) is 38.1. The lowest BCUT2D eigenvalue weighted by molar-refractivity contribution is -0.121. The molecule has 0 saturated carbocycles. The summed E-state index contributed by atoms with van der Waals surface area (Å²) in [7, 11) is 1.54. The number of para-hydroxylation sites is 1. The second kappa shape index (κ2) is 11.7. The standard InChI is InChI=1S/C22H28N4O4/c1-16(17-8-4-3-5-9-17)24-22(29)18-10-6-7-11-19(18)25-21(28)15-26(12-13-30-2)14-20(23)27/h3-11,16H,12-15H2,1-2H3,(H2,23,27)(H,24,29)(H,25,28). The number of carbonyl (C=O) groups excluding carboxylic acids is 3. The Hall–Kier alpha value is -3.23. The van der Waals surface area contributed by atoms with E-state index in [4.69, 9.17) is 10.5 Å². The average Bonchev–Trinajstić information content (AvgIpc) is 2.72. The van der Waals surface area contributed by atoms with E-state index in [1.165, 1.54) is 7.11 Å². The highest BCUT2D eigenvalue weighted by Gasteiger charge is 2.18. The molecule has 0 aliphatic rings. The Labute approximate surface area is 176 Å². The van der Waals surface area contributed by atoms with Gasteiger partial charge in [-0.1, -0.05) is 42.5 Å². The van der Waals surface area contributed by atoms with Gasteiger partial charge in [-0.25, -0.2) is 0 Å². The highest BCUT2D eigenvalue weighted by molar-refractivity contribution is 6.04. The second-order valence-corrected chi connectivity index (χ2v) is 6.87. The number of primary amides is 1. The molecule has 8 heteroatoms. The second-order valence-electron chi connectivity index (χ2n) is 6.87. The van der Waals surface area contributed by atoms with Crippen LogP contribution in [0.2, 0.25) is 0 Å². The van der Waals surface area contributed by atoms with Crippen LogP contribution in [0.25, 0.3) is 0 Å². The summed E-state index contributed by atoms with van der Waals surface area (Å²) in [5.41, 5.74) is 6.97. The Balaban J connectivity index is 2.05. The summed E-state index contributed by atoms with van der Waals surface area (Å²) in [6, 6.07) is 16.2. The first-order valence-corrected chi connectivity index (χ1v) is 9.65. The molecule has 2 rings (SSSR count). The molecule has 0 radical (unpaired) electrons. The van der Waals surface area contributed by atoms with Crippen LogP contribution >= 0.6 is 0 Å². The van der Waals surface area contributed by atoms with Crippen molar-refractivity contribution in [3.8, 4) is 0 Å². The smallest absolute Gasteiger partial charge is 0.253 e. The van der Waals surface area contributed by atoms with Crippen LogP contribution in [0.5, 0.6) is 0 Å². The van der Waals surface area contributed by atoms with Crippen molar-refractivity contribution < 1.29 is 19.1 Å². The third kappa shape index (κ3) is 7.31. The number of methoxy groups -OCH3 is 1. The zero-order valence-corrected chi connectivity index (χ0v) is 17.3. The maximum absolute atomic E-state index is 12.8. The number of carbonyl (C=O) groups is 3. The Kier molecular flexibility index (Phi) is 8.99. The zero-order chi connectivity index (χ0) is 21.9. The molecule has 2 aromatic rings. The number of hydrogen-bond donors (Lipinski definition) is 3. The van der Waals surface area contributed by atoms with Crippen LogP contribution in [0.3, 0.4) is 0 Å². The van der Waals surface area contributed by atoms with Gasteiger partial charge in [0.15, 0.2) is 0 Å². The minimum absolute atomic E-state index is 0.0529. The number of nitrogens with two attached hydrogens (primary N) is 1. The van der Waals surface area contributed by atoms with E-state index in [-0.39, 0.29) is 30.9 Å². The summed E-state index contributed by atoms with van der Waals surface area (Å²) >= 11 is 0.